The number of fused-ring (bicyclic) bond motifs is 2. The van der Waals surface area contributed by atoms with E-state index in [1.54, 1.807) is 30.4 Å². The second-order valence-electron chi connectivity index (χ2n) is 4.91. The Bertz CT molecular complexity index is 786. The molecule has 0 unspecified atom stereocenters. The number of benzene rings is 1. The van der Waals surface area contributed by atoms with Crippen molar-refractivity contribution < 1.29 is 0 Å². The van der Waals surface area contributed by atoms with Gasteiger partial charge in [-0.3, -0.25) is 0 Å². The predicted molar refractivity (Wildman–Crippen MR) is 85.0 cm³/mol. The molecule has 1 aromatic carbocycles. The summed E-state index contributed by atoms with van der Waals surface area (Å²) in [6.45, 7) is 1.51. The normalized spacial score (nSPS) is 12.4. The first-order valence-electron chi connectivity index (χ1n) is 6.96. The number of nitrogens with one attached hydrogen (secondary N) is 3. The fourth-order valence-electron chi connectivity index (χ4n) is 2.31. The van der Waals surface area contributed by atoms with Crippen LogP contribution in [-0.2, 0) is 13.1 Å². The molecule has 3 aromatic rings. The van der Waals surface area contributed by atoms with Crippen LogP contribution in [0.25, 0.3) is 0 Å². The summed E-state index contributed by atoms with van der Waals surface area (Å²) in [6, 6.07) is 6.40. The smallest absolute Gasteiger partial charge is 0.163 e. The van der Waals surface area contributed by atoms with E-state index in [2.05, 4.69) is 48.8 Å². The molecular weight excluding hydrogens is 296 g/mol. The van der Waals surface area contributed by atoms with Gasteiger partial charge in [0.15, 0.2) is 5.82 Å². The van der Waals surface area contributed by atoms with Crippen LogP contribution in [0.1, 0.15) is 11.4 Å². The van der Waals surface area contributed by atoms with Gasteiger partial charge in [0, 0.05) is 36.2 Å². The highest BCUT2D eigenvalue weighted by atomic mass is 32.2. The maximum atomic E-state index is 4.33. The first kappa shape index (κ1) is 13.3. The molecule has 1 aliphatic rings. The van der Waals surface area contributed by atoms with Crippen LogP contribution in [-0.4, -0.2) is 19.9 Å². The molecule has 4 rings (SSSR count). The number of nitrogens with zero attached hydrogens (tertiary/aromatic N) is 3. The van der Waals surface area contributed by atoms with Crippen LogP contribution in [0.15, 0.2) is 52.9 Å². The zero-order valence-corrected chi connectivity index (χ0v) is 12.5. The Morgan fingerprint density at radius 2 is 2.00 bits per heavy atom. The Morgan fingerprint density at radius 3 is 2.91 bits per heavy atom. The summed E-state index contributed by atoms with van der Waals surface area (Å²) < 4.78 is 0. The molecule has 3 N–H and O–H groups in total. The zero-order chi connectivity index (χ0) is 14.8. The SMILES string of the molecule is c1c[nH]c(CNCc2ccc3c(c2)Nc2nccnc2S3)n1. The molecule has 110 valence electrons. The molecule has 0 bridgehead atoms. The van der Waals surface area contributed by atoms with E-state index in [0.29, 0.717) is 0 Å². The summed E-state index contributed by atoms with van der Waals surface area (Å²) in [7, 11) is 0. The van der Waals surface area contributed by atoms with Crippen LogP contribution in [0.5, 0.6) is 0 Å². The van der Waals surface area contributed by atoms with Crippen LogP contribution in [0, 0.1) is 0 Å². The van der Waals surface area contributed by atoms with E-state index in [-0.39, 0.29) is 0 Å². The molecule has 0 radical (unpaired) electrons. The third-order valence-electron chi connectivity index (χ3n) is 3.34. The van der Waals surface area contributed by atoms with Crippen molar-refractivity contribution in [1.29, 1.82) is 0 Å². The van der Waals surface area contributed by atoms with Crippen LogP contribution in [0.3, 0.4) is 0 Å². The van der Waals surface area contributed by atoms with Gasteiger partial charge in [-0.05, 0) is 17.7 Å². The second-order valence-corrected chi connectivity index (χ2v) is 5.94. The van der Waals surface area contributed by atoms with Crippen molar-refractivity contribution in [3.8, 4) is 0 Å². The van der Waals surface area contributed by atoms with E-state index < -0.39 is 0 Å². The highest BCUT2D eigenvalue weighted by molar-refractivity contribution is 7.99. The summed E-state index contributed by atoms with van der Waals surface area (Å²) in [5, 5.41) is 7.63. The number of rotatable bonds is 4. The third kappa shape index (κ3) is 2.68. The number of anilines is 2. The van der Waals surface area contributed by atoms with Crippen molar-refractivity contribution in [3.63, 3.8) is 0 Å². The van der Waals surface area contributed by atoms with Gasteiger partial charge < -0.3 is 15.6 Å². The standard InChI is InChI=1S/C15H14N6S/c1-2-12-11(21-14-15(22-12)20-6-5-19-14)7-10(1)8-16-9-13-17-3-4-18-13/h1-7,16H,8-9H2,(H,17,18)(H,19,21). The Balaban J connectivity index is 1.46. The number of hydrogen-bond acceptors (Lipinski definition) is 6. The first-order chi connectivity index (χ1) is 10.9. The van der Waals surface area contributed by atoms with Gasteiger partial charge in [0.25, 0.3) is 0 Å². The lowest BCUT2D eigenvalue weighted by Gasteiger charge is -2.19. The minimum atomic E-state index is 0.723. The molecule has 0 fully saturated rings. The van der Waals surface area contributed by atoms with Crippen molar-refractivity contribution in [2.24, 2.45) is 0 Å². The number of hydrogen-bond donors (Lipinski definition) is 3. The van der Waals surface area contributed by atoms with E-state index in [4.69, 9.17) is 0 Å². The van der Waals surface area contributed by atoms with E-state index >= 15 is 0 Å². The van der Waals surface area contributed by atoms with Gasteiger partial charge >= 0.3 is 0 Å². The van der Waals surface area contributed by atoms with Gasteiger partial charge in [-0.25, -0.2) is 15.0 Å². The van der Waals surface area contributed by atoms with E-state index in [1.165, 1.54) is 10.5 Å². The molecule has 0 aliphatic carbocycles. The zero-order valence-electron chi connectivity index (χ0n) is 11.7. The lowest BCUT2D eigenvalue weighted by molar-refractivity contribution is 0.668. The van der Waals surface area contributed by atoms with Gasteiger partial charge in [0.1, 0.15) is 10.9 Å². The molecule has 6 nitrogen and oxygen atoms in total. The van der Waals surface area contributed by atoms with Gasteiger partial charge in [0.05, 0.1) is 12.2 Å². The number of aromatic nitrogens is 4. The largest absolute Gasteiger partial charge is 0.348 e. The summed E-state index contributed by atoms with van der Waals surface area (Å²) in [5.41, 5.74) is 2.29. The molecule has 3 heterocycles. The van der Waals surface area contributed by atoms with Crippen LogP contribution >= 0.6 is 11.8 Å². The number of imidazole rings is 1. The Kier molecular flexibility index (Phi) is 3.49. The average molecular weight is 310 g/mol. The lowest BCUT2D eigenvalue weighted by Crippen LogP contribution is -2.14. The second kappa shape index (κ2) is 5.78. The monoisotopic (exact) mass is 310 g/mol. The van der Waals surface area contributed by atoms with Crippen molar-refractivity contribution in [2.75, 3.05) is 5.32 Å². The van der Waals surface area contributed by atoms with E-state index in [0.717, 1.165) is 35.4 Å². The van der Waals surface area contributed by atoms with Crippen LogP contribution in [0.2, 0.25) is 0 Å². The van der Waals surface area contributed by atoms with Crippen molar-refractivity contribution in [3.05, 3.63) is 54.4 Å². The molecule has 0 atom stereocenters. The highest BCUT2D eigenvalue weighted by Crippen LogP contribution is 2.41. The first-order valence-corrected chi connectivity index (χ1v) is 7.78. The molecule has 22 heavy (non-hydrogen) atoms. The van der Waals surface area contributed by atoms with Crippen molar-refractivity contribution in [1.82, 2.24) is 25.3 Å². The van der Waals surface area contributed by atoms with E-state index in [1.807, 2.05) is 6.20 Å². The highest BCUT2D eigenvalue weighted by Gasteiger charge is 2.17. The molecule has 1 aliphatic heterocycles. The molecular formula is C15H14N6S. The molecule has 0 saturated heterocycles. The molecule has 7 heteroatoms. The average Bonchev–Trinajstić information content (AvgIpc) is 3.06. The van der Waals surface area contributed by atoms with Crippen LogP contribution < -0.4 is 10.6 Å². The Labute approximate surface area is 131 Å². The molecule has 0 spiro atoms. The fraction of sp³-hybridized carbons (Fsp3) is 0.133. The minimum absolute atomic E-state index is 0.723. The maximum Gasteiger partial charge on any atom is 0.163 e. The quantitative estimate of drug-likeness (QED) is 0.538. The Morgan fingerprint density at radius 1 is 1.05 bits per heavy atom. The summed E-state index contributed by atoms with van der Waals surface area (Å²) in [6.07, 6.45) is 7.00. The fourth-order valence-corrected chi connectivity index (χ4v) is 3.19. The van der Waals surface area contributed by atoms with Crippen molar-refractivity contribution in [2.45, 2.75) is 23.0 Å². The molecule has 2 aromatic heterocycles. The number of H-pyrrole nitrogens is 1. The van der Waals surface area contributed by atoms with E-state index in [9.17, 15) is 0 Å². The van der Waals surface area contributed by atoms with Gasteiger partial charge in [0.2, 0.25) is 0 Å². The lowest BCUT2D eigenvalue weighted by atomic mass is 10.2. The summed E-state index contributed by atoms with van der Waals surface area (Å²) in [5.74, 6) is 1.76. The van der Waals surface area contributed by atoms with Gasteiger partial charge in [-0.15, -0.1) is 0 Å². The molecule has 0 amide bonds. The topological polar surface area (TPSA) is 78.5 Å². The maximum absolute atomic E-state index is 4.33. The number of aromatic amines is 1. The third-order valence-corrected chi connectivity index (χ3v) is 4.41. The summed E-state index contributed by atoms with van der Waals surface area (Å²) >= 11 is 1.64. The minimum Gasteiger partial charge on any atom is -0.348 e. The van der Waals surface area contributed by atoms with Gasteiger partial charge in [-0.2, -0.15) is 0 Å². The predicted octanol–water partition coefficient (Wildman–Crippen LogP) is 2.70. The van der Waals surface area contributed by atoms with Gasteiger partial charge in [-0.1, -0.05) is 17.8 Å². The van der Waals surface area contributed by atoms with Crippen LogP contribution in [0.4, 0.5) is 11.5 Å². The summed E-state index contributed by atoms with van der Waals surface area (Å²) in [4.78, 5) is 17.1. The Hall–Kier alpha value is -2.38. The molecule has 0 saturated carbocycles. The van der Waals surface area contributed by atoms with Crippen molar-refractivity contribution >= 4 is 23.3 Å².